The Labute approximate surface area is 156 Å². The average Bonchev–Trinajstić information content (AvgIpc) is 3.32. The number of ether oxygens (including phenoxy) is 2. The van der Waals surface area contributed by atoms with Gasteiger partial charge in [0.1, 0.15) is 17.6 Å². The minimum atomic E-state index is 0.0459. The van der Waals surface area contributed by atoms with Crippen molar-refractivity contribution in [2.45, 2.75) is 52.7 Å². The van der Waals surface area contributed by atoms with Gasteiger partial charge >= 0.3 is 0 Å². The van der Waals surface area contributed by atoms with E-state index in [9.17, 15) is 5.11 Å². The summed E-state index contributed by atoms with van der Waals surface area (Å²) in [6.07, 6.45) is 3.28. The van der Waals surface area contributed by atoms with Gasteiger partial charge in [-0.3, -0.25) is 0 Å². The van der Waals surface area contributed by atoms with E-state index < -0.39 is 0 Å². The standard InChI is InChI=1S/C20H31N3O3/c1-4-21-19(23-12-20(13-24)6-7-20)22-11-16-10-18-15(8-14(3)26-18)9-17(16)25-5-2/h9-10,14,24H,4-8,11-13H2,1-3H3,(H2,21,22,23). The van der Waals surface area contributed by atoms with Crippen molar-refractivity contribution >= 4 is 5.96 Å². The first-order chi connectivity index (χ1) is 12.6. The van der Waals surface area contributed by atoms with E-state index in [-0.39, 0.29) is 18.1 Å². The van der Waals surface area contributed by atoms with Gasteiger partial charge in [0.15, 0.2) is 5.96 Å². The average molecular weight is 361 g/mol. The number of hydrogen-bond donors (Lipinski definition) is 3. The maximum absolute atomic E-state index is 9.48. The molecule has 0 bridgehead atoms. The minimum absolute atomic E-state index is 0.0459. The second kappa shape index (κ2) is 8.16. The molecule has 1 atom stereocenters. The molecule has 1 unspecified atom stereocenters. The number of guanidine groups is 1. The summed E-state index contributed by atoms with van der Waals surface area (Å²) >= 11 is 0. The van der Waals surface area contributed by atoms with Crippen LogP contribution in [-0.2, 0) is 13.0 Å². The van der Waals surface area contributed by atoms with Gasteiger partial charge < -0.3 is 25.2 Å². The van der Waals surface area contributed by atoms with Crippen LogP contribution in [0.5, 0.6) is 11.5 Å². The van der Waals surface area contributed by atoms with Crippen LogP contribution in [0.2, 0.25) is 0 Å². The lowest BCUT2D eigenvalue weighted by Crippen LogP contribution is -2.41. The van der Waals surface area contributed by atoms with Crippen LogP contribution >= 0.6 is 0 Å². The van der Waals surface area contributed by atoms with Crippen LogP contribution in [0.25, 0.3) is 0 Å². The van der Waals surface area contributed by atoms with Crippen molar-refractivity contribution in [1.29, 1.82) is 0 Å². The predicted octanol–water partition coefficient (Wildman–Crippen LogP) is 2.24. The van der Waals surface area contributed by atoms with Crippen LogP contribution in [0.1, 0.15) is 44.7 Å². The lowest BCUT2D eigenvalue weighted by molar-refractivity contribution is 0.212. The van der Waals surface area contributed by atoms with Gasteiger partial charge in [-0.05, 0) is 45.7 Å². The number of fused-ring (bicyclic) bond motifs is 1. The first kappa shape index (κ1) is 18.8. The molecule has 144 valence electrons. The molecule has 1 aliphatic carbocycles. The molecular weight excluding hydrogens is 330 g/mol. The molecule has 0 aromatic heterocycles. The summed E-state index contributed by atoms with van der Waals surface area (Å²) in [4.78, 5) is 4.71. The topological polar surface area (TPSA) is 75.1 Å². The second-order valence-corrected chi connectivity index (χ2v) is 7.34. The molecule has 26 heavy (non-hydrogen) atoms. The van der Waals surface area contributed by atoms with Gasteiger partial charge in [0.05, 0.1) is 19.8 Å². The van der Waals surface area contributed by atoms with E-state index in [0.717, 1.165) is 55.4 Å². The quantitative estimate of drug-likeness (QED) is 0.489. The van der Waals surface area contributed by atoms with E-state index in [1.807, 2.05) is 13.8 Å². The fourth-order valence-corrected chi connectivity index (χ4v) is 3.24. The van der Waals surface area contributed by atoms with Gasteiger partial charge in [-0.25, -0.2) is 4.99 Å². The zero-order valence-corrected chi connectivity index (χ0v) is 16.1. The molecule has 0 amide bonds. The van der Waals surface area contributed by atoms with Crippen molar-refractivity contribution in [2.24, 2.45) is 10.4 Å². The van der Waals surface area contributed by atoms with Crippen LogP contribution < -0.4 is 20.1 Å². The first-order valence-electron chi connectivity index (χ1n) is 9.67. The number of aliphatic hydroxyl groups excluding tert-OH is 1. The molecule has 3 rings (SSSR count). The molecule has 6 heteroatoms. The summed E-state index contributed by atoms with van der Waals surface area (Å²) in [5.41, 5.74) is 2.28. The lowest BCUT2D eigenvalue weighted by atomic mass is 10.1. The molecule has 0 saturated heterocycles. The number of rotatable bonds is 8. The molecule has 1 aromatic rings. The molecule has 1 aromatic carbocycles. The Bertz CT molecular complexity index is 656. The molecule has 1 fully saturated rings. The molecule has 0 radical (unpaired) electrons. The van der Waals surface area contributed by atoms with E-state index in [2.05, 4.69) is 29.7 Å². The second-order valence-electron chi connectivity index (χ2n) is 7.34. The van der Waals surface area contributed by atoms with Crippen molar-refractivity contribution in [1.82, 2.24) is 10.6 Å². The van der Waals surface area contributed by atoms with Crippen molar-refractivity contribution in [3.8, 4) is 11.5 Å². The van der Waals surface area contributed by atoms with Crippen LogP contribution in [0.15, 0.2) is 17.1 Å². The molecule has 3 N–H and O–H groups in total. The highest BCUT2D eigenvalue weighted by atomic mass is 16.5. The van der Waals surface area contributed by atoms with Crippen molar-refractivity contribution in [3.63, 3.8) is 0 Å². The van der Waals surface area contributed by atoms with E-state index in [0.29, 0.717) is 13.2 Å². The van der Waals surface area contributed by atoms with Crippen LogP contribution in [0.4, 0.5) is 0 Å². The first-order valence-corrected chi connectivity index (χ1v) is 9.67. The largest absolute Gasteiger partial charge is 0.494 e. The zero-order chi connectivity index (χ0) is 18.6. The maximum atomic E-state index is 9.48. The van der Waals surface area contributed by atoms with Crippen molar-refractivity contribution in [3.05, 3.63) is 23.3 Å². The summed E-state index contributed by atoms with van der Waals surface area (Å²) in [6.45, 7) is 9.04. The Morgan fingerprint density at radius 1 is 1.35 bits per heavy atom. The highest BCUT2D eigenvalue weighted by Gasteiger charge is 2.41. The molecule has 2 aliphatic rings. The van der Waals surface area contributed by atoms with Crippen molar-refractivity contribution < 1.29 is 14.6 Å². The number of aliphatic imine (C=N–C) groups is 1. The molecule has 1 aliphatic heterocycles. The van der Waals surface area contributed by atoms with E-state index in [1.54, 1.807) is 0 Å². The summed E-state index contributed by atoms with van der Waals surface area (Å²) in [5.74, 6) is 2.60. The Hall–Kier alpha value is -1.95. The summed E-state index contributed by atoms with van der Waals surface area (Å²) < 4.78 is 11.7. The summed E-state index contributed by atoms with van der Waals surface area (Å²) in [7, 11) is 0. The third-order valence-electron chi connectivity index (χ3n) is 5.05. The van der Waals surface area contributed by atoms with Crippen LogP contribution in [0.3, 0.4) is 0 Å². The minimum Gasteiger partial charge on any atom is -0.494 e. The highest BCUT2D eigenvalue weighted by Crippen LogP contribution is 2.44. The zero-order valence-electron chi connectivity index (χ0n) is 16.1. The SMILES string of the molecule is CCNC(=NCc1cc2c(cc1OCC)CC(C)O2)NCC1(CO)CC1. The molecule has 1 saturated carbocycles. The Balaban J connectivity index is 1.72. The maximum Gasteiger partial charge on any atom is 0.191 e. The number of nitrogens with zero attached hydrogens (tertiary/aromatic N) is 1. The molecule has 1 heterocycles. The van der Waals surface area contributed by atoms with E-state index in [4.69, 9.17) is 14.5 Å². The van der Waals surface area contributed by atoms with Gasteiger partial charge in [0.2, 0.25) is 0 Å². The smallest absolute Gasteiger partial charge is 0.191 e. The lowest BCUT2D eigenvalue weighted by Gasteiger charge is -2.17. The van der Waals surface area contributed by atoms with Crippen molar-refractivity contribution in [2.75, 3.05) is 26.3 Å². The van der Waals surface area contributed by atoms with Gasteiger partial charge in [0.25, 0.3) is 0 Å². The number of aliphatic hydroxyl groups is 1. The van der Waals surface area contributed by atoms with Crippen LogP contribution in [-0.4, -0.2) is 43.5 Å². The predicted molar refractivity (Wildman–Crippen MR) is 103 cm³/mol. The number of benzene rings is 1. The fourth-order valence-electron chi connectivity index (χ4n) is 3.24. The van der Waals surface area contributed by atoms with Gasteiger partial charge in [-0.2, -0.15) is 0 Å². The summed E-state index contributed by atoms with van der Waals surface area (Å²) in [5, 5.41) is 16.1. The third kappa shape index (κ3) is 4.41. The summed E-state index contributed by atoms with van der Waals surface area (Å²) in [6, 6.07) is 4.16. The fraction of sp³-hybridized carbons (Fsp3) is 0.650. The van der Waals surface area contributed by atoms with Gasteiger partial charge in [0, 0.05) is 36.1 Å². The monoisotopic (exact) mass is 361 g/mol. The number of nitrogens with one attached hydrogen (secondary N) is 2. The Morgan fingerprint density at radius 2 is 2.15 bits per heavy atom. The van der Waals surface area contributed by atoms with Crippen LogP contribution in [0, 0.1) is 5.41 Å². The van der Waals surface area contributed by atoms with E-state index in [1.165, 1.54) is 5.56 Å². The Kier molecular flexibility index (Phi) is 5.91. The molecule has 6 nitrogen and oxygen atoms in total. The normalized spacial score (nSPS) is 20.3. The molecule has 0 spiro atoms. The third-order valence-corrected chi connectivity index (χ3v) is 5.05. The van der Waals surface area contributed by atoms with E-state index >= 15 is 0 Å². The highest BCUT2D eigenvalue weighted by molar-refractivity contribution is 5.79. The number of hydrogen-bond acceptors (Lipinski definition) is 4. The Morgan fingerprint density at radius 3 is 2.81 bits per heavy atom. The van der Waals surface area contributed by atoms with Gasteiger partial charge in [-0.1, -0.05) is 0 Å². The molecular formula is C20H31N3O3. The van der Waals surface area contributed by atoms with Gasteiger partial charge in [-0.15, -0.1) is 0 Å².